The first-order valence-corrected chi connectivity index (χ1v) is 5.77. The second-order valence-electron chi connectivity index (χ2n) is 4.57. The van der Waals surface area contributed by atoms with Crippen LogP contribution in [0.15, 0.2) is 24.3 Å². The van der Waals surface area contributed by atoms with E-state index >= 15 is 0 Å². The third-order valence-electron chi connectivity index (χ3n) is 3.47. The molecule has 0 amide bonds. The maximum Gasteiger partial charge on any atom is 0.124 e. The molecule has 3 N–H and O–H groups in total. The minimum atomic E-state index is -0.761. The van der Waals surface area contributed by atoms with Crippen molar-refractivity contribution in [2.45, 2.75) is 37.3 Å². The normalized spacial score (nSPS) is 30.1. The van der Waals surface area contributed by atoms with Gasteiger partial charge in [-0.3, -0.25) is 0 Å². The molecule has 88 valence electrons. The molecule has 0 spiro atoms. The van der Waals surface area contributed by atoms with E-state index in [1.165, 1.54) is 0 Å². The van der Waals surface area contributed by atoms with Gasteiger partial charge in [0.15, 0.2) is 0 Å². The second-order valence-corrected chi connectivity index (χ2v) is 4.57. The van der Waals surface area contributed by atoms with Gasteiger partial charge in [-0.1, -0.05) is 18.2 Å². The maximum atomic E-state index is 10.6. The van der Waals surface area contributed by atoms with Crippen LogP contribution in [-0.4, -0.2) is 18.3 Å². The van der Waals surface area contributed by atoms with Crippen molar-refractivity contribution in [3.63, 3.8) is 0 Å². The fraction of sp³-hybridized carbons (Fsp3) is 0.538. The summed E-state index contributed by atoms with van der Waals surface area (Å²) < 4.78 is 5.30. The van der Waals surface area contributed by atoms with E-state index in [-0.39, 0.29) is 6.04 Å². The number of rotatable bonds is 2. The van der Waals surface area contributed by atoms with Gasteiger partial charge >= 0.3 is 0 Å². The van der Waals surface area contributed by atoms with Crippen LogP contribution in [0, 0.1) is 0 Å². The Morgan fingerprint density at radius 3 is 2.56 bits per heavy atom. The van der Waals surface area contributed by atoms with E-state index in [0.29, 0.717) is 12.8 Å². The van der Waals surface area contributed by atoms with Crippen molar-refractivity contribution in [2.75, 3.05) is 7.11 Å². The Morgan fingerprint density at radius 1 is 1.31 bits per heavy atom. The van der Waals surface area contributed by atoms with Crippen molar-refractivity contribution in [2.24, 2.45) is 5.73 Å². The van der Waals surface area contributed by atoms with Crippen LogP contribution >= 0.6 is 0 Å². The van der Waals surface area contributed by atoms with Gasteiger partial charge in [0.25, 0.3) is 0 Å². The molecule has 0 radical (unpaired) electrons. The number of methoxy groups -OCH3 is 1. The van der Waals surface area contributed by atoms with Crippen LogP contribution in [0.5, 0.6) is 5.75 Å². The number of nitrogens with two attached hydrogens (primary N) is 1. The van der Waals surface area contributed by atoms with Gasteiger partial charge in [0.1, 0.15) is 5.75 Å². The molecule has 0 aliphatic heterocycles. The maximum absolute atomic E-state index is 10.6. The predicted octanol–water partition coefficient (Wildman–Crippen LogP) is 1.78. The molecule has 1 aromatic carbocycles. The van der Waals surface area contributed by atoms with Gasteiger partial charge in [0, 0.05) is 11.6 Å². The Hall–Kier alpha value is -1.06. The van der Waals surface area contributed by atoms with Crippen LogP contribution in [-0.2, 0) is 5.60 Å². The fourth-order valence-corrected chi connectivity index (χ4v) is 2.42. The highest BCUT2D eigenvalue weighted by Crippen LogP contribution is 2.40. The van der Waals surface area contributed by atoms with E-state index in [1.54, 1.807) is 7.11 Å². The molecular formula is C13H19NO2. The molecule has 0 bridgehead atoms. The summed E-state index contributed by atoms with van der Waals surface area (Å²) >= 11 is 0. The zero-order chi connectivity index (χ0) is 11.6. The summed E-state index contributed by atoms with van der Waals surface area (Å²) in [5.41, 5.74) is 5.99. The summed E-state index contributed by atoms with van der Waals surface area (Å²) in [6, 6.07) is 7.91. The quantitative estimate of drug-likeness (QED) is 0.800. The fourth-order valence-electron chi connectivity index (χ4n) is 2.42. The Morgan fingerprint density at radius 2 is 1.94 bits per heavy atom. The minimum Gasteiger partial charge on any atom is -0.496 e. The second kappa shape index (κ2) is 4.44. The zero-order valence-corrected chi connectivity index (χ0v) is 9.65. The largest absolute Gasteiger partial charge is 0.496 e. The minimum absolute atomic E-state index is 0.231. The molecule has 0 atom stereocenters. The average Bonchev–Trinajstić information content (AvgIpc) is 2.33. The lowest BCUT2D eigenvalue weighted by Crippen LogP contribution is -2.37. The Balaban J connectivity index is 2.28. The molecule has 1 fully saturated rings. The van der Waals surface area contributed by atoms with Crippen LogP contribution in [0.25, 0.3) is 0 Å². The van der Waals surface area contributed by atoms with E-state index in [9.17, 15) is 5.11 Å². The van der Waals surface area contributed by atoms with Crippen molar-refractivity contribution in [3.05, 3.63) is 29.8 Å². The van der Waals surface area contributed by atoms with Gasteiger partial charge < -0.3 is 15.6 Å². The SMILES string of the molecule is COc1ccccc1C1(O)CCC(N)CC1. The molecule has 2 rings (SSSR count). The highest BCUT2D eigenvalue weighted by Gasteiger charge is 2.35. The van der Waals surface area contributed by atoms with Gasteiger partial charge in [0.05, 0.1) is 12.7 Å². The summed E-state index contributed by atoms with van der Waals surface area (Å²) in [6.45, 7) is 0. The summed E-state index contributed by atoms with van der Waals surface area (Å²) in [5, 5.41) is 10.6. The summed E-state index contributed by atoms with van der Waals surface area (Å²) in [6.07, 6.45) is 3.17. The van der Waals surface area contributed by atoms with Crippen molar-refractivity contribution in [3.8, 4) is 5.75 Å². The Bertz CT molecular complexity index is 357. The summed E-state index contributed by atoms with van der Waals surface area (Å²) in [5.74, 6) is 0.764. The number of aliphatic hydroxyl groups is 1. The molecule has 1 aliphatic carbocycles. The van der Waals surface area contributed by atoms with Gasteiger partial charge in [0.2, 0.25) is 0 Å². The first-order valence-electron chi connectivity index (χ1n) is 5.77. The molecule has 3 heteroatoms. The summed E-state index contributed by atoms with van der Waals surface area (Å²) in [7, 11) is 1.64. The lowest BCUT2D eigenvalue weighted by atomic mass is 9.77. The molecule has 0 heterocycles. The molecule has 16 heavy (non-hydrogen) atoms. The van der Waals surface area contributed by atoms with Crippen molar-refractivity contribution >= 4 is 0 Å². The van der Waals surface area contributed by atoms with E-state index in [4.69, 9.17) is 10.5 Å². The lowest BCUT2D eigenvalue weighted by molar-refractivity contribution is -0.00684. The number of ether oxygens (including phenoxy) is 1. The average molecular weight is 221 g/mol. The van der Waals surface area contributed by atoms with E-state index < -0.39 is 5.60 Å². The highest BCUT2D eigenvalue weighted by atomic mass is 16.5. The Kier molecular flexibility index (Phi) is 3.17. The molecule has 0 saturated heterocycles. The van der Waals surface area contributed by atoms with Gasteiger partial charge in [-0.15, -0.1) is 0 Å². The van der Waals surface area contributed by atoms with Crippen LogP contribution in [0.2, 0.25) is 0 Å². The molecule has 1 aliphatic rings. The van der Waals surface area contributed by atoms with E-state index in [1.807, 2.05) is 24.3 Å². The molecular weight excluding hydrogens is 202 g/mol. The first kappa shape index (κ1) is 11.4. The Labute approximate surface area is 96.2 Å². The van der Waals surface area contributed by atoms with E-state index in [2.05, 4.69) is 0 Å². The topological polar surface area (TPSA) is 55.5 Å². The van der Waals surface area contributed by atoms with Crippen LogP contribution in [0.4, 0.5) is 0 Å². The van der Waals surface area contributed by atoms with Gasteiger partial charge in [-0.25, -0.2) is 0 Å². The number of para-hydroxylation sites is 1. The molecule has 0 aromatic heterocycles. The monoisotopic (exact) mass is 221 g/mol. The van der Waals surface area contributed by atoms with Crippen LogP contribution in [0.1, 0.15) is 31.2 Å². The van der Waals surface area contributed by atoms with Gasteiger partial charge in [-0.05, 0) is 31.7 Å². The molecule has 3 nitrogen and oxygen atoms in total. The van der Waals surface area contributed by atoms with Crippen LogP contribution in [0.3, 0.4) is 0 Å². The predicted molar refractivity (Wildman–Crippen MR) is 63.3 cm³/mol. The number of benzene rings is 1. The van der Waals surface area contributed by atoms with Crippen molar-refractivity contribution < 1.29 is 9.84 Å². The molecule has 1 aromatic rings. The molecule has 0 unspecified atom stereocenters. The zero-order valence-electron chi connectivity index (χ0n) is 9.65. The first-order chi connectivity index (χ1) is 7.65. The van der Waals surface area contributed by atoms with Crippen LogP contribution < -0.4 is 10.5 Å². The third kappa shape index (κ3) is 2.06. The highest BCUT2D eigenvalue weighted by molar-refractivity contribution is 5.38. The van der Waals surface area contributed by atoms with Crippen molar-refractivity contribution in [1.29, 1.82) is 0 Å². The smallest absolute Gasteiger partial charge is 0.124 e. The number of hydrogen-bond donors (Lipinski definition) is 2. The van der Waals surface area contributed by atoms with Gasteiger partial charge in [-0.2, -0.15) is 0 Å². The van der Waals surface area contributed by atoms with E-state index in [0.717, 1.165) is 24.2 Å². The standard InChI is InChI=1S/C13H19NO2/c1-16-12-5-3-2-4-11(12)13(15)8-6-10(14)7-9-13/h2-5,10,15H,6-9,14H2,1H3. The lowest BCUT2D eigenvalue weighted by Gasteiger charge is -2.35. The van der Waals surface area contributed by atoms with Crippen molar-refractivity contribution in [1.82, 2.24) is 0 Å². The summed E-state index contributed by atoms with van der Waals surface area (Å²) in [4.78, 5) is 0. The number of hydrogen-bond acceptors (Lipinski definition) is 3. The molecule has 1 saturated carbocycles. The third-order valence-corrected chi connectivity index (χ3v) is 3.47.